The van der Waals surface area contributed by atoms with Gasteiger partial charge in [0.2, 0.25) is 0 Å². The van der Waals surface area contributed by atoms with Crippen molar-refractivity contribution in [1.29, 1.82) is 0 Å². The molecular formula is C27H32N2O5. The van der Waals surface area contributed by atoms with Crippen molar-refractivity contribution in [1.82, 2.24) is 10.2 Å². The van der Waals surface area contributed by atoms with Crippen molar-refractivity contribution in [2.75, 3.05) is 33.4 Å². The van der Waals surface area contributed by atoms with Gasteiger partial charge in [-0.05, 0) is 55.5 Å². The van der Waals surface area contributed by atoms with E-state index in [0.717, 1.165) is 61.3 Å². The zero-order valence-corrected chi connectivity index (χ0v) is 19.6. The van der Waals surface area contributed by atoms with Gasteiger partial charge < -0.3 is 24.3 Å². The second-order valence-electron chi connectivity index (χ2n) is 9.33. The highest BCUT2D eigenvalue weighted by atomic mass is 16.5. The number of para-hydroxylation sites is 1. The van der Waals surface area contributed by atoms with Crippen molar-refractivity contribution in [3.8, 4) is 5.75 Å². The number of nitrogens with zero attached hydrogens (tertiary/aromatic N) is 1. The van der Waals surface area contributed by atoms with Gasteiger partial charge in [0, 0.05) is 43.7 Å². The van der Waals surface area contributed by atoms with E-state index in [1.165, 1.54) is 0 Å². The van der Waals surface area contributed by atoms with Crippen LogP contribution in [0.5, 0.6) is 5.75 Å². The zero-order valence-electron chi connectivity index (χ0n) is 19.6. The maximum Gasteiger partial charge on any atom is 0.287 e. The summed E-state index contributed by atoms with van der Waals surface area (Å²) in [6.45, 7) is 3.62. The average molecular weight is 465 g/mol. The highest BCUT2D eigenvalue weighted by Crippen LogP contribution is 2.36. The van der Waals surface area contributed by atoms with Crippen LogP contribution in [-0.4, -0.2) is 55.4 Å². The lowest BCUT2D eigenvalue weighted by molar-refractivity contribution is -0.0277. The Labute approximate surface area is 199 Å². The maximum atomic E-state index is 12.5. The minimum atomic E-state index is -0.898. The molecule has 0 aliphatic carbocycles. The molecule has 7 nitrogen and oxygen atoms in total. The van der Waals surface area contributed by atoms with Crippen LogP contribution in [0.4, 0.5) is 0 Å². The number of amides is 1. The monoisotopic (exact) mass is 464 g/mol. The van der Waals surface area contributed by atoms with Gasteiger partial charge >= 0.3 is 0 Å². The topological polar surface area (TPSA) is 84.2 Å². The maximum absolute atomic E-state index is 12.5. The summed E-state index contributed by atoms with van der Waals surface area (Å²) in [5.41, 5.74) is 1.76. The van der Waals surface area contributed by atoms with Crippen molar-refractivity contribution >= 4 is 16.9 Å². The van der Waals surface area contributed by atoms with E-state index in [2.05, 4.69) is 16.3 Å². The quantitative estimate of drug-likeness (QED) is 0.553. The Kier molecular flexibility index (Phi) is 6.59. The number of carbonyl (C=O) groups excluding carboxylic acids is 1. The number of hydrogen-bond donors (Lipinski definition) is 2. The molecule has 2 aromatic carbocycles. The Hall–Kier alpha value is -2.87. The van der Waals surface area contributed by atoms with Crippen molar-refractivity contribution < 1.29 is 23.8 Å². The van der Waals surface area contributed by atoms with E-state index >= 15 is 0 Å². The Morgan fingerprint density at radius 3 is 2.79 bits per heavy atom. The average Bonchev–Trinajstić information content (AvgIpc) is 3.54. The van der Waals surface area contributed by atoms with Gasteiger partial charge in [0.25, 0.3) is 5.91 Å². The SMILES string of the molecule is COc1ccccc1CN1CCC(O)(c2ccc3oc(C(=O)NCC4CCCO4)cc3c2)CC1. The lowest BCUT2D eigenvalue weighted by Crippen LogP contribution is -2.42. The number of hydrogen-bond acceptors (Lipinski definition) is 6. The van der Waals surface area contributed by atoms with Gasteiger partial charge in [-0.1, -0.05) is 24.3 Å². The summed E-state index contributed by atoms with van der Waals surface area (Å²) in [6.07, 6.45) is 3.37. The highest BCUT2D eigenvalue weighted by Gasteiger charge is 2.34. The van der Waals surface area contributed by atoms with Crippen LogP contribution in [0.25, 0.3) is 11.0 Å². The summed E-state index contributed by atoms with van der Waals surface area (Å²) >= 11 is 0. The molecule has 1 unspecified atom stereocenters. The predicted molar refractivity (Wildman–Crippen MR) is 129 cm³/mol. The lowest BCUT2D eigenvalue weighted by atomic mass is 9.84. The van der Waals surface area contributed by atoms with E-state index in [0.29, 0.717) is 25.0 Å². The molecule has 2 saturated heterocycles. The third-order valence-corrected chi connectivity index (χ3v) is 7.06. The number of nitrogens with one attached hydrogen (secondary N) is 1. The van der Waals surface area contributed by atoms with Crippen molar-refractivity contribution in [3.63, 3.8) is 0 Å². The van der Waals surface area contributed by atoms with E-state index in [1.54, 1.807) is 13.2 Å². The van der Waals surface area contributed by atoms with E-state index in [4.69, 9.17) is 13.9 Å². The van der Waals surface area contributed by atoms with Gasteiger partial charge in [-0.2, -0.15) is 0 Å². The van der Waals surface area contributed by atoms with Crippen LogP contribution in [0, 0.1) is 0 Å². The number of rotatable bonds is 7. The fraction of sp³-hybridized carbons (Fsp3) is 0.444. The number of carbonyl (C=O) groups is 1. The van der Waals surface area contributed by atoms with Gasteiger partial charge in [-0.25, -0.2) is 0 Å². The smallest absolute Gasteiger partial charge is 0.287 e. The van der Waals surface area contributed by atoms with Gasteiger partial charge in [-0.3, -0.25) is 9.69 Å². The molecule has 0 saturated carbocycles. The van der Waals surface area contributed by atoms with Gasteiger partial charge in [0.1, 0.15) is 11.3 Å². The van der Waals surface area contributed by atoms with Crippen molar-refractivity contribution in [3.05, 3.63) is 65.4 Å². The van der Waals surface area contributed by atoms with Crippen LogP contribution in [0.1, 0.15) is 47.4 Å². The molecule has 2 N–H and O–H groups in total. The lowest BCUT2D eigenvalue weighted by Gasteiger charge is -2.38. The van der Waals surface area contributed by atoms with Gasteiger partial charge in [0.15, 0.2) is 5.76 Å². The number of ether oxygens (including phenoxy) is 2. The number of fused-ring (bicyclic) bond motifs is 1. The fourth-order valence-electron chi connectivity index (χ4n) is 4.99. The van der Waals surface area contributed by atoms with Crippen LogP contribution in [0.2, 0.25) is 0 Å². The second kappa shape index (κ2) is 9.78. The molecule has 1 amide bonds. The van der Waals surface area contributed by atoms with Crippen LogP contribution in [0.3, 0.4) is 0 Å². The largest absolute Gasteiger partial charge is 0.496 e. The second-order valence-corrected chi connectivity index (χ2v) is 9.33. The predicted octanol–water partition coefficient (Wildman–Crippen LogP) is 3.83. The molecule has 0 bridgehead atoms. The molecule has 1 atom stereocenters. The Balaban J connectivity index is 1.23. The molecule has 1 aromatic heterocycles. The normalized spacial score (nSPS) is 20.5. The van der Waals surface area contributed by atoms with Crippen molar-refractivity contribution in [2.45, 2.75) is 43.9 Å². The first-order valence-electron chi connectivity index (χ1n) is 12.0. The number of methoxy groups -OCH3 is 1. The molecule has 3 heterocycles. The van der Waals surface area contributed by atoms with Crippen LogP contribution >= 0.6 is 0 Å². The first-order chi connectivity index (χ1) is 16.5. The Morgan fingerprint density at radius 1 is 1.21 bits per heavy atom. The number of likely N-dealkylation sites (tertiary alicyclic amines) is 1. The number of furan rings is 1. The summed E-state index contributed by atoms with van der Waals surface area (Å²) < 4.78 is 16.8. The minimum absolute atomic E-state index is 0.0861. The molecule has 2 aliphatic rings. The molecule has 3 aromatic rings. The molecule has 2 fully saturated rings. The highest BCUT2D eigenvalue weighted by molar-refractivity contribution is 5.96. The number of aliphatic hydroxyl groups is 1. The first kappa shape index (κ1) is 22.9. The summed E-state index contributed by atoms with van der Waals surface area (Å²) in [5, 5.41) is 15.2. The molecule has 5 rings (SSSR count). The van der Waals surface area contributed by atoms with E-state index in [-0.39, 0.29) is 17.8 Å². The van der Waals surface area contributed by atoms with E-state index < -0.39 is 5.60 Å². The molecule has 0 spiro atoms. The zero-order chi connectivity index (χ0) is 23.5. The van der Waals surface area contributed by atoms with E-state index in [9.17, 15) is 9.90 Å². The third kappa shape index (κ3) is 4.82. The summed E-state index contributed by atoms with van der Waals surface area (Å²) in [4.78, 5) is 14.9. The molecule has 0 radical (unpaired) electrons. The molecule has 180 valence electrons. The first-order valence-corrected chi connectivity index (χ1v) is 12.0. The Morgan fingerprint density at radius 2 is 2.03 bits per heavy atom. The number of benzene rings is 2. The molecule has 34 heavy (non-hydrogen) atoms. The van der Waals surface area contributed by atoms with Crippen LogP contribution < -0.4 is 10.1 Å². The minimum Gasteiger partial charge on any atom is -0.496 e. The van der Waals surface area contributed by atoms with Crippen LogP contribution in [-0.2, 0) is 16.9 Å². The summed E-state index contributed by atoms with van der Waals surface area (Å²) in [7, 11) is 1.69. The molecule has 2 aliphatic heterocycles. The van der Waals surface area contributed by atoms with Crippen LogP contribution in [0.15, 0.2) is 52.9 Å². The third-order valence-electron chi connectivity index (χ3n) is 7.06. The number of piperidine rings is 1. The van der Waals surface area contributed by atoms with Gasteiger partial charge in [-0.15, -0.1) is 0 Å². The van der Waals surface area contributed by atoms with E-state index in [1.807, 2.05) is 36.4 Å². The summed E-state index contributed by atoms with van der Waals surface area (Å²) in [5.74, 6) is 0.935. The molecular weight excluding hydrogens is 432 g/mol. The summed E-state index contributed by atoms with van der Waals surface area (Å²) in [6, 6.07) is 15.5. The fourth-order valence-corrected chi connectivity index (χ4v) is 4.99. The standard InChI is InChI=1S/C27H32N2O5/c1-32-23-7-3-2-5-19(23)18-29-12-10-27(31,11-13-29)21-8-9-24-20(15-21)16-25(34-24)26(30)28-17-22-6-4-14-33-22/h2-3,5,7-9,15-16,22,31H,4,6,10-14,17-18H2,1H3,(H,28,30). The molecule has 7 heteroatoms. The van der Waals surface area contributed by atoms with Crippen molar-refractivity contribution in [2.24, 2.45) is 0 Å². The van der Waals surface area contributed by atoms with Gasteiger partial charge in [0.05, 0.1) is 18.8 Å². The Bertz CT molecular complexity index is 1140.